The maximum atomic E-state index is 12.5. The first kappa shape index (κ1) is 14.6. The quantitative estimate of drug-likeness (QED) is 0.840. The highest BCUT2D eigenvalue weighted by Gasteiger charge is 2.30. The number of rotatable bonds is 4. The molecule has 0 aliphatic heterocycles. The second-order valence-electron chi connectivity index (χ2n) is 4.94. The Morgan fingerprint density at radius 1 is 1.20 bits per heavy atom. The molecule has 20 heavy (non-hydrogen) atoms. The van der Waals surface area contributed by atoms with Gasteiger partial charge in [0, 0.05) is 17.7 Å². The third-order valence-electron chi connectivity index (χ3n) is 3.29. The van der Waals surface area contributed by atoms with E-state index in [1.165, 1.54) is 12.1 Å². The van der Waals surface area contributed by atoms with Gasteiger partial charge in [-0.1, -0.05) is 32.4 Å². The Hall–Kier alpha value is -1.78. The van der Waals surface area contributed by atoms with Gasteiger partial charge in [0.25, 0.3) is 0 Å². The van der Waals surface area contributed by atoms with Crippen molar-refractivity contribution in [2.75, 3.05) is 0 Å². The average molecular weight is 282 g/mol. The van der Waals surface area contributed by atoms with Crippen LogP contribution in [0.2, 0.25) is 0 Å². The van der Waals surface area contributed by atoms with Gasteiger partial charge in [0.15, 0.2) is 0 Å². The molecule has 1 heterocycles. The molecule has 1 aromatic carbocycles. The number of alkyl halides is 3. The SMILES string of the molecule is CCC[C@@H](C)c1nc(-c2ccc(C(F)(F)F)cc2)c[nH]1. The van der Waals surface area contributed by atoms with Crippen molar-refractivity contribution in [3.05, 3.63) is 41.9 Å². The number of H-pyrrole nitrogens is 1. The summed E-state index contributed by atoms with van der Waals surface area (Å²) in [5.41, 5.74) is 0.720. The van der Waals surface area contributed by atoms with E-state index in [1.807, 2.05) is 0 Å². The number of imidazole rings is 1. The lowest BCUT2D eigenvalue weighted by molar-refractivity contribution is -0.137. The maximum Gasteiger partial charge on any atom is 0.416 e. The predicted octanol–water partition coefficient (Wildman–Crippen LogP) is 5.00. The molecule has 1 aromatic heterocycles. The fourth-order valence-corrected chi connectivity index (χ4v) is 2.14. The molecule has 0 aliphatic carbocycles. The van der Waals surface area contributed by atoms with Gasteiger partial charge in [-0.25, -0.2) is 4.98 Å². The molecule has 0 radical (unpaired) electrons. The third kappa shape index (κ3) is 3.21. The van der Waals surface area contributed by atoms with E-state index in [9.17, 15) is 13.2 Å². The van der Waals surface area contributed by atoms with Crippen LogP contribution in [0.25, 0.3) is 11.3 Å². The van der Waals surface area contributed by atoms with E-state index < -0.39 is 11.7 Å². The van der Waals surface area contributed by atoms with Gasteiger partial charge in [-0.3, -0.25) is 0 Å². The number of nitrogens with zero attached hydrogens (tertiary/aromatic N) is 1. The molecule has 0 spiro atoms. The van der Waals surface area contributed by atoms with Crippen LogP contribution in [-0.2, 0) is 6.18 Å². The van der Waals surface area contributed by atoms with Crippen LogP contribution in [0.15, 0.2) is 30.5 Å². The number of hydrogen-bond donors (Lipinski definition) is 1. The second-order valence-corrected chi connectivity index (χ2v) is 4.94. The van der Waals surface area contributed by atoms with E-state index >= 15 is 0 Å². The Morgan fingerprint density at radius 3 is 2.40 bits per heavy atom. The lowest BCUT2D eigenvalue weighted by Crippen LogP contribution is -2.04. The summed E-state index contributed by atoms with van der Waals surface area (Å²) in [6.07, 6.45) is -0.466. The van der Waals surface area contributed by atoms with Crippen LogP contribution in [0.1, 0.15) is 44.0 Å². The molecule has 1 atom stereocenters. The fraction of sp³-hybridized carbons (Fsp3) is 0.400. The van der Waals surface area contributed by atoms with Crippen LogP contribution >= 0.6 is 0 Å². The molecule has 5 heteroatoms. The fourth-order valence-electron chi connectivity index (χ4n) is 2.14. The topological polar surface area (TPSA) is 28.7 Å². The first-order chi connectivity index (χ1) is 9.41. The molecule has 0 bridgehead atoms. The van der Waals surface area contributed by atoms with Gasteiger partial charge < -0.3 is 4.98 Å². The summed E-state index contributed by atoms with van der Waals surface area (Å²) in [5.74, 6) is 1.20. The molecule has 2 rings (SSSR count). The molecule has 0 amide bonds. The van der Waals surface area contributed by atoms with Crippen LogP contribution in [0.3, 0.4) is 0 Å². The number of halogens is 3. The first-order valence-corrected chi connectivity index (χ1v) is 6.64. The molecule has 0 fully saturated rings. The highest BCUT2D eigenvalue weighted by molar-refractivity contribution is 5.59. The van der Waals surface area contributed by atoms with Crippen molar-refractivity contribution in [2.45, 2.75) is 38.8 Å². The number of nitrogens with one attached hydrogen (secondary N) is 1. The predicted molar refractivity (Wildman–Crippen MR) is 72.3 cm³/mol. The van der Waals surface area contributed by atoms with Crippen LogP contribution in [-0.4, -0.2) is 9.97 Å². The minimum absolute atomic E-state index is 0.322. The Labute approximate surface area is 116 Å². The molecule has 2 nitrogen and oxygen atoms in total. The molecule has 1 N–H and O–H groups in total. The van der Waals surface area contributed by atoms with Crippen molar-refractivity contribution in [3.63, 3.8) is 0 Å². The van der Waals surface area contributed by atoms with Gasteiger partial charge in [0.05, 0.1) is 11.3 Å². The molecule has 0 unspecified atom stereocenters. The normalized spacial score (nSPS) is 13.4. The molecule has 0 aliphatic rings. The van der Waals surface area contributed by atoms with Crippen LogP contribution in [0, 0.1) is 0 Å². The van der Waals surface area contributed by atoms with Crippen molar-refractivity contribution < 1.29 is 13.2 Å². The largest absolute Gasteiger partial charge is 0.416 e. The van der Waals surface area contributed by atoms with Gasteiger partial charge >= 0.3 is 6.18 Å². The summed E-state index contributed by atoms with van der Waals surface area (Å²) < 4.78 is 37.5. The summed E-state index contributed by atoms with van der Waals surface area (Å²) >= 11 is 0. The van der Waals surface area contributed by atoms with E-state index in [2.05, 4.69) is 23.8 Å². The summed E-state index contributed by atoms with van der Waals surface area (Å²) in [4.78, 5) is 7.55. The maximum absolute atomic E-state index is 12.5. The van der Waals surface area contributed by atoms with Gasteiger partial charge in [0.1, 0.15) is 5.82 Å². The molecular formula is C15H17F3N2. The van der Waals surface area contributed by atoms with E-state index in [4.69, 9.17) is 0 Å². The van der Waals surface area contributed by atoms with Gasteiger partial charge in [-0.05, 0) is 18.6 Å². The Kier molecular flexibility index (Phi) is 4.16. The molecular weight excluding hydrogens is 265 g/mol. The van der Waals surface area contributed by atoms with Crippen molar-refractivity contribution in [1.29, 1.82) is 0 Å². The Balaban J connectivity index is 2.20. The lowest BCUT2D eigenvalue weighted by atomic mass is 10.1. The van der Waals surface area contributed by atoms with E-state index in [1.54, 1.807) is 6.20 Å². The second kappa shape index (κ2) is 5.69. The molecule has 0 saturated carbocycles. The van der Waals surface area contributed by atoms with Gasteiger partial charge in [-0.2, -0.15) is 13.2 Å². The minimum Gasteiger partial charge on any atom is -0.348 e. The summed E-state index contributed by atoms with van der Waals surface area (Å²) in [5, 5.41) is 0. The van der Waals surface area contributed by atoms with E-state index in [0.29, 0.717) is 17.2 Å². The van der Waals surface area contributed by atoms with Crippen LogP contribution in [0.5, 0.6) is 0 Å². The number of hydrogen-bond acceptors (Lipinski definition) is 1. The zero-order valence-corrected chi connectivity index (χ0v) is 11.5. The van der Waals surface area contributed by atoms with Crippen molar-refractivity contribution in [3.8, 4) is 11.3 Å². The standard InChI is InChI=1S/C15H17F3N2/c1-3-4-10(2)14-19-9-13(20-14)11-5-7-12(8-6-11)15(16,17)18/h5-10H,3-4H2,1-2H3,(H,19,20)/t10-/m1/s1. The summed E-state index contributed by atoms with van der Waals surface area (Å²) in [7, 11) is 0. The average Bonchev–Trinajstić information content (AvgIpc) is 2.88. The van der Waals surface area contributed by atoms with Gasteiger partial charge in [-0.15, -0.1) is 0 Å². The zero-order chi connectivity index (χ0) is 14.8. The van der Waals surface area contributed by atoms with Gasteiger partial charge in [0.2, 0.25) is 0 Å². The monoisotopic (exact) mass is 282 g/mol. The number of aromatic amines is 1. The lowest BCUT2D eigenvalue weighted by Gasteiger charge is -2.07. The molecule has 2 aromatic rings. The minimum atomic E-state index is -4.30. The highest BCUT2D eigenvalue weighted by Crippen LogP contribution is 2.31. The Bertz CT molecular complexity index is 555. The summed E-state index contributed by atoms with van der Waals surface area (Å²) in [6, 6.07) is 5.07. The first-order valence-electron chi connectivity index (χ1n) is 6.64. The summed E-state index contributed by atoms with van der Waals surface area (Å²) in [6.45, 7) is 4.19. The highest BCUT2D eigenvalue weighted by atomic mass is 19.4. The number of benzene rings is 1. The molecule has 108 valence electrons. The smallest absolute Gasteiger partial charge is 0.348 e. The van der Waals surface area contributed by atoms with E-state index in [0.717, 1.165) is 30.8 Å². The molecule has 0 saturated heterocycles. The van der Waals surface area contributed by atoms with Crippen LogP contribution in [0.4, 0.5) is 13.2 Å². The Morgan fingerprint density at radius 2 is 1.85 bits per heavy atom. The van der Waals surface area contributed by atoms with E-state index in [-0.39, 0.29) is 0 Å². The van der Waals surface area contributed by atoms with Crippen molar-refractivity contribution >= 4 is 0 Å². The zero-order valence-electron chi connectivity index (χ0n) is 11.5. The van der Waals surface area contributed by atoms with Crippen molar-refractivity contribution in [1.82, 2.24) is 9.97 Å². The van der Waals surface area contributed by atoms with Crippen LogP contribution < -0.4 is 0 Å². The third-order valence-corrected chi connectivity index (χ3v) is 3.29. The number of aromatic nitrogens is 2. The van der Waals surface area contributed by atoms with Crippen molar-refractivity contribution in [2.24, 2.45) is 0 Å².